The largest absolute Gasteiger partial charge is 0.494 e. The Labute approximate surface area is 245 Å². The minimum atomic E-state index is -4.16. The zero-order valence-corrected chi connectivity index (χ0v) is 24.2. The summed E-state index contributed by atoms with van der Waals surface area (Å²) >= 11 is 5.97. The van der Waals surface area contributed by atoms with Crippen molar-refractivity contribution in [2.75, 3.05) is 22.8 Å². The van der Waals surface area contributed by atoms with Crippen molar-refractivity contribution in [2.45, 2.75) is 24.8 Å². The first-order valence-corrected chi connectivity index (χ1v) is 14.8. The molecule has 0 aliphatic rings. The van der Waals surface area contributed by atoms with Gasteiger partial charge in [-0.3, -0.25) is 13.9 Å². The van der Waals surface area contributed by atoms with Crippen LogP contribution in [0.25, 0.3) is 0 Å². The number of anilines is 2. The maximum Gasteiger partial charge on any atom is 0.264 e. The molecule has 4 aromatic rings. The topological polar surface area (TPSA) is 105 Å². The maximum atomic E-state index is 13.7. The molecule has 1 atom stereocenters. The number of sulfonamides is 1. The van der Waals surface area contributed by atoms with Crippen LogP contribution in [-0.4, -0.2) is 33.4 Å². The molecule has 0 radical (unpaired) electrons. The van der Waals surface area contributed by atoms with Crippen molar-refractivity contribution in [2.24, 2.45) is 0 Å². The highest BCUT2D eigenvalue weighted by molar-refractivity contribution is 7.92. The van der Waals surface area contributed by atoms with Crippen molar-refractivity contribution < 1.29 is 22.7 Å². The molecule has 41 heavy (non-hydrogen) atoms. The van der Waals surface area contributed by atoms with Crippen molar-refractivity contribution in [3.05, 3.63) is 119 Å². The Balaban J connectivity index is 1.58. The lowest BCUT2D eigenvalue weighted by Crippen LogP contribution is -2.38. The van der Waals surface area contributed by atoms with Gasteiger partial charge in [-0.2, -0.15) is 0 Å². The second kappa shape index (κ2) is 13.3. The Morgan fingerprint density at radius 1 is 0.878 bits per heavy atom. The van der Waals surface area contributed by atoms with Crippen LogP contribution < -0.4 is 19.7 Å². The number of nitrogens with one attached hydrogen (secondary N) is 2. The van der Waals surface area contributed by atoms with E-state index in [9.17, 15) is 18.0 Å². The lowest BCUT2D eigenvalue weighted by atomic mass is 10.1. The molecule has 0 unspecified atom stereocenters. The molecule has 10 heteroatoms. The van der Waals surface area contributed by atoms with Crippen LogP contribution in [0.5, 0.6) is 5.75 Å². The fourth-order valence-electron chi connectivity index (χ4n) is 4.13. The molecule has 0 saturated heterocycles. The van der Waals surface area contributed by atoms with Gasteiger partial charge in [0.15, 0.2) is 0 Å². The van der Waals surface area contributed by atoms with Crippen LogP contribution in [0.2, 0.25) is 5.02 Å². The Morgan fingerprint density at radius 3 is 2.17 bits per heavy atom. The van der Waals surface area contributed by atoms with Crippen LogP contribution in [0.3, 0.4) is 0 Å². The molecule has 0 aliphatic heterocycles. The molecule has 0 saturated carbocycles. The smallest absolute Gasteiger partial charge is 0.264 e. The van der Waals surface area contributed by atoms with Gasteiger partial charge in [0.1, 0.15) is 12.3 Å². The molecule has 0 spiro atoms. The van der Waals surface area contributed by atoms with E-state index in [2.05, 4.69) is 10.6 Å². The molecule has 2 N–H and O–H groups in total. The van der Waals surface area contributed by atoms with Crippen LogP contribution in [0.4, 0.5) is 11.4 Å². The molecule has 8 nitrogen and oxygen atoms in total. The number of nitrogens with zero attached hydrogens (tertiary/aromatic N) is 1. The van der Waals surface area contributed by atoms with Gasteiger partial charge >= 0.3 is 0 Å². The first-order chi connectivity index (χ1) is 19.7. The zero-order valence-electron chi connectivity index (χ0n) is 22.6. The van der Waals surface area contributed by atoms with E-state index < -0.39 is 22.5 Å². The molecule has 0 fully saturated rings. The summed E-state index contributed by atoms with van der Waals surface area (Å²) in [7, 11) is -4.16. The highest BCUT2D eigenvalue weighted by atomic mass is 35.5. The Morgan fingerprint density at radius 2 is 1.51 bits per heavy atom. The second-order valence-electron chi connectivity index (χ2n) is 9.09. The summed E-state index contributed by atoms with van der Waals surface area (Å²) in [6.45, 7) is 3.61. The molecule has 212 valence electrons. The summed E-state index contributed by atoms with van der Waals surface area (Å²) in [5.74, 6) is -0.448. The first kappa shape index (κ1) is 29.6. The molecule has 2 amide bonds. The van der Waals surface area contributed by atoms with Gasteiger partial charge in [0.05, 0.1) is 34.5 Å². The van der Waals surface area contributed by atoms with Gasteiger partial charge in [-0.25, -0.2) is 8.42 Å². The summed E-state index contributed by atoms with van der Waals surface area (Å²) in [6, 6.07) is 27.9. The molecular weight excluding hydrogens is 562 g/mol. The molecule has 4 rings (SSSR count). The third-order valence-electron chi connectivity index (χ3n) is 6.22. The maximum absolute atomic E-state index is 13.7. The quantitative estimate of drug-likeness (QED) is 0.220. The van der Waals surface area contributed by atoms with E-state index >= 15 is 0 Å². The van der Waals surface area contributed by atoms with Crippen molar-refractivity contribution in [1.29, 1.82) is 0 Å². The summed E-state index contributed by atoms with van der Waals surface area (Å²) in [6.07, 6.45) is 0. The predicted molar refractivity (Wildman–Crippen MR) is 161 cm³/mol. The van der Waals surface area contributed by atoms with Crippen LogP contribution in [0.15, 0.2) is 108 Å². The fourth-order valence-corrected chi connectivity index (χ4v) is 5.68. The van der Waals surface area contributed by atoms with E-state index in [1.807, 2.05) is 44.2 Å². The van der Waals surface area contributed by atoms with E-state index in [1.165, 1.54) is 24.3 Å². The number of amides is 2. The number of benzene rings is 4. The first-order valence-electron chi connectivity index (χ1n) is 12.9. The van der Waals surface area contributed by atoms with E-state index in [-0.39, 0.29) is 33.8 Å². The van der Waals surface area contributed by atoms with Gasteiger partial charge in [-0.05, 0) is 80.1 Å². The number of hydrogen-bond acceptors (Lipinski definition) is 5. The monoisotopic (exact) mass is 591 g/mol. The van der Waals surface area contributed by atoms with Crippen molar-refractivity contribution in [3.8, 4) is 5.75 Å². The fraction of sp³-hybridized carbons (Fsp3) is 0.161. The molecule has 0 aliphatic carbocycles. The summed E-state index contributed by atoms with van der Waals surface area (Å²) in [5.41, 5.74) is 1.70. The van der Waals surface area contributed by atoms with Crippen molar-refractivity contribution in [1.82, 2.24) is 5.32 Å². The van der Waals surface area contributed by atoms with Gasteiger partial charge in [0.25, 0.3) is 15.9 Å². The highest BCUT2D eigenvalue weighted by Crippen LogP contribution is 2.27. The van der Waals surface area contributed by atoms with E-state index in [4.69, 9.17) is 16.3 Å². The van der Waals surface area contributed by atoms with E-state index in [0.29, 0.717) is 17.4 Å². The van der Waals surface area contributed by atoms with Crippen LogP contribution >= 0.6 is 11.6 Å². The molecule has 0 aromatic heterocycles. The number of rotatable bonds is 11. The third-order valence-corrected chi connectivity index (χ3v) is 8.26. The summed E-state index contributed by atoms with van der Waals surface area (Å²) in [4.78, 5) is 26.4. The van der Waals surface area contributed by atoms with Crippen molar-refractivity contribution in [3.63, 3.8) is 0 Å². The third kappa shape index (κ3) is 7.45. The number of para-hydroxylation sites is 1. The van der Waals surface area contributed by atoms with E-state index in [0.717, 1.165) is 9.87 Å². The molecule has 0 bridgehead atoms. The van der Waals surface area contributed by atoms with Crippen LogP contribution in [-0.2, 0) is 14.8 Å². The Kier molecular flexibility index (Phi) is 9.65. The summed E-state index contributed by atoms with van der Waals surface area (Å²) < 4.78 is 33.8. The lowest BCUT2D eigenvalue weighted by molar-refractivity contribution is -0.114. The van der Waals surface area contributed by atoms with Gasteiger partial charge in [-0.1, -0.05) is 54.1 Å². The number of ether oxygens (including phenoxy) is 1. The van der Waals surface area contributed by atoms with Gasteiger partial charge < -0.3 is 15.4 Å². The van der Waals surface area contributed by atoms with Crippen LogP contribution in [0.1, 0.15) is 35.8 Å². The Hall–Kier alpha value is -4.34. The highest BCUT2D eigenvalue weighted by Gasteiger charge is 2.28. The number of hydrogen-bond donors (Lipinski definition) is 2. The minimum Gasteiger partial charge on any atom is -0.494 e. The summed E-state index contributed by atoms with van der Waals surface area (Å²) in [5, 5.41) is 6.04. The normalized spacial score (nSPS) is 11.8. The predicted octanol–water partition coefficient (Wildman–Crippen LogP) is 6.06. The number of carbonyl (C=O) groups excluding carboxylic acids is 2. The minimum absolute atomic E-state index is 0.0294. The standard InChI is InChI=1S/C31H30ClN3O5S/c1-3-40-26-17-15-25(16-18-26)35(41(38,39)27-19-13-24(32)14-20-27)21-30(36)34-29-12-8-7-11-28(29)31(37)33-22(2)23-9-5-4-6-10-23/h4-20,22H,3,21H2,1-2H3,(H,33,37)(H,34,36)/t22-/m0/s1. The van der Waals surface area contributed by atoms with E-state index in [1.54, 1.807) is 48.5 Å². The van der Waals surface area contributed by atoms with Crippen molar-refractivity contribution >= 4 is 44.8 Å². The average Bonchev–Trinajstić information content (AvgIpc) is 2.97. The SMILES string of the molecule is CCOc1ccc(N(CC(=O)Nc2ccccc2C(=O)N[C@@H](C)c2ccccc2)S(=O)(=O)c2ccc(Cl)cc2)cc1. The number of carbonyl (C=O) groups is 2. The average molecular weight is 592 g/mol. The van der Waals surface area contributed by atoms with Gasteiger partial charge in [-0.15, -0.1) is 0 Å². The van der Waals surface area contributed by atoms with Gasteiger partial charge in [0.2, 0.25) is 5.91 Å². The molecule has 0 heterocycles. The number of halogens is 1. The Bertz CT molecular complexity index is 1600. The lowest BCUT2D eigenvalue weighted by Gasteiger charge is -2.24. The molecule has 4 aromatic carbocycles. The van der Waals surface area contributed by atoms with Crippen LogP contribution in [0, 0.1) is 0 Å². The zero-order chi connectivity index (χ0) is 29.4. The molecular formula is C31H30ClN3O5S. The van der Waals surface area contributed by atoms with Gasteiger partial charge in [0, 0.05) is 5.02 Å². The second-order valence-corrected chi connectivity index (χ2v) is 11.4.